The minimum absolute atomic E-state index is 0.206. The lowest BCUT2D eigenvalue weighted by atomic mass is 9.93. The zero-order chi connectivity index (χ0) is 22.5. The van der Waals surface area contributed by atoms with Crippen LogP contribution in [0, 0.1) is 23.4 Å². The number of benzene rings is 3. The molecule has 0 amide bonds. The molecule has 3 aromatic carbocycles. The maximum atomic E-state index is 14.9. The normalized spacial score (nSPS) is 18.6. The summed E-state index contributed by atoms with van der Waals surface area (Å²) >= 11 is 0. The molecule has 1 fully saturated rings. The average Bonchev–Trinajstić information content (AvgIpc) is 2.81. The highest BCUT2D eigenvalue weighted by atomic mass is 28.3. The predicted octanol–water partition coefficient (Wildman–Crippen LogP) is 8.42. The second-order valence-corrected chi connectivity index (χ2v) is 12.7. The van der Waals surface area contributed by atoms with Crippen LogP contribution in [0.25, 0.3) is 22.3 Å². The molecule has 3 aromatic rings. The first-order valence-electron chi connectivity index (χ1n) is 11.9. The second-order valence-electron chi connectivity index (χ2n) is 9.23. The molecule has 0 nitrogen and oxygen atoms in total. The van der Waals surface area contributed by atoms with Crippen LogP contribution in [0.1, 0.15) is 38.2 Å². The number of aryl methyl sites for hydroxylation is 1. The highest BCUT2D eigenvalue weighted by Crippen LogP contribution is 2.32. The molecule has 0 radical (unpaired) electrons. The van der Waals surface area contributed by atoms with Crippen molar-refractivity contribution >= 4 is 8.80 Å². The van der Waals surface area contributed by atoms with E-state index in [-0.39, 0.29) is 5.82 Å². The van der Waals surface area contributed by atoms with Crippen molar-refractivity contribution in [2.45, 2.75) is 57.2 Å². The molecule has 1 saturated heterocycles. The quantitative estimate of drug-likeness (QED) is 0.316. The highest BCUT2D eigenvalue weighted by Gasteiger charge is 2.21. The molecular formula is C28H31F3Si. The monoisotopic (exact) mass is 452 g/mol. The molecule has 4 rings (SSSR count). The third-order valence-corrected chi connectivity index (χ3v) is 10.7. The van der Waals surface area contributed by atoms with Crippen molar-refractivity contribution < 1.29 is 13.2 Å². The molecule has 4 heteroatoms. The standard InChI is InChI=1S/C28H31F3Si/c1-2-15-32-16-13-20(14-17-32)3-4-21-5-11-25(27(30)18-21)23-8-6-22(7-9-23)24-10-12-26(29)28(31)19-24/h5-12,18-20,32H,2-4,13-17H2,1H3/t20-,32-. The summed E-state index contributed by atoms with van der Waals surface area (Å²) in [5.74, 6) is -1.13. The van der Waals surface area contributed by atoms with E-state index in [0.717, 1.165) is 41.5 Å². The molecule has 0 aliphatic carbocycles. The Bertz CT molecular complexity index is 1040. The van der Waals surface area contributed by atoms with Gasteiger partial charge in [0.15, 0.2) is 11.6 Å². The van der Waals surface area contributed by atoms with Gasteiger partial charge >= 0.3 is 0 Å². The van der Waals surface area contributed by atoms with E-state index in [0.29, 0.717) is 11.1 Å². The first-order valence-corrected chi connectivity index (χ1v) is 14.3. The summed E-state index contributed by atoms with van der Waals surface area (Å²) in [7, 11) is -0.437. The van der Waals surface area contributed by atoms with E-state index >= 15 is 0 Å². The largest absolute Gasteiger partial charge is 0.206 e. The van der Waals surface area contributed by atoms with E-state index in [4.69, 9.17) is 0 Å². The maximum absolute atomic E-state index is 14.9. The van der Waals surface area contributed by atoms with Gasteiger partial charge < -0.3 is 0 Å². The van der Waals surface area contributed by atoms with E-state index in [1.807, 2.05) is 36.4 Å². The van der Waals surface area contributed by atoms with Crippen molar-refractivity contribution in [1.29, 1.82) is 0 Å². The highest BCUT2D eigenvalue weighted by molar-refractivity contribution is 6.58. The van der Waals surface area contributed by atoms with Gasteiger partial charge in [0.1, 0.15) is 5.82 Å². The van der Waals surface area contributed by atoms with Crippen LogP contribution in [0.15, 0.2) is 60.7 Å². The Hall–Kier alpha value is -2.33. The van der Waals surface area contributed by atoms with Gasteiger partial charge in [0.05, 0.1) is 0 Å². The predicted molar refractivity (Wildman–Crippen MR) is 130 cm³/mol. The van der Waals surface area contributed by atoms with Gasteiger partial charge in [-0.25, -0.2) is 13.2 Å². The molecule has 0 atom stereocenters. The van der Waals surface area contributed by atoms with Gasteiger partial charge in [-0.2, -0.15) is 0 Å². The lowest BCUT2D eigenvalue weighted by molar-refractivity contribution is 0.437. The number of hydrogen-bond acceptors (Lipinski definition) is 0. The van der Waals surface area contributed by atoms with Crippen LogP contribution >= 0.6 is 0 Å². The maximum Gasteiger partial charge on any atom is 0.159 e. The Kier molecular flexibility index (Phi) is 7.51. The fourth-order valence-corrected chi connectivity index (χ4v) is 8.62. The summed E-state index contributed by atoms with van der Waals surface area (Å²) in [4.78, 5) is 0. The third kappa shape index (κ3) is 5.53. The van der Waals surface area contributed by atoms with E-state index < -0.39 is 20.4 Å². The van der Waals surface area contributed by atoms with Crippen LogP contribution in [0.2, 0.25) is 18.1 Å². The van der Waals surface area contributed by atoms with Crippen molar-refractivity contribution in [3.63, 3.8) is 0 Å². The molecule has 0 saturated carbocycles. The molecule has 32 heavy (non-hydrogen) atoms. The first-order chi connectivity index (χ1) is 15.5. The van der Waals surface area contributed by atoms with E-state index in [1.165, 1.54) is 43.5 Å². The lowest BCUT2D eigenvalue weighted by Crippen LogP contribution is -2.21. The van der Waals surface area contributed by atoms with Crippen LogP contribution in [0.3, 0.4) is 0 Å². The third-order valence-electron chi connectivity index (χ3n) is 6.99. The molecule has 1 aliphatic heterocycles. The van der Waals surface area contributed by atoms with Gasteiger partial charge in [-0.15, -0.1) is 0 Å². The van der Waals surface area contributed by atoms with Gasteiger partial charge in [0, 0.05) is 14.4 Å². The number of rotatable bonds is 7. The van der Waals surface area contributed by atoms with Crippen molar-refractivity contribution in [3.8, 4) is 22.3 Å². The van der Waals surface area contributed by atoms with Gasteiger partial charge in [0.25, 0.3) is 0 Å². The van der Waals surface area contributed by atoms with E-state index in [1.54, 1.807) is 12.1 Å². The zero-order valence-electron chi connectivity index (χ0n) is 18.7. The molecule has 0 unspecified atom stereocenters. The molecule has 1 heterocycles. The Labute approximate surface area is 191 Å². The van der Waals surface area contributed by atoms with Gasteiger partial charge in [-0.3, -0.25) is 0 Å². The SMILES string of the molecule is CCC[Si@H]1CC[C@H](CCc2ccc(-c3ccc(-c4ccc(F)c(F)c4)cc3)c(F)c2)CC1. The molecule has 0 aromatic heterocycles. The van der Waals surface area contributed by atoms with Gasteiger partial charge in [-0.1, -0.05) is 86.8 Å². The Balaban J connectivity index is 1.38. The minimum Gasteiger partial charge on any atom is -0.206 e. The summed E-state index contributed by atoms with van der Waals surface area (Å²) in [6, 6.07) is 21.2. The number of halogens is 3. The topological polar surface area (TPSA) is 0 Å². The molecule has 0 N–H and O–H groups in total. The lowest BCUT2D eigenvalue weighted by Gasteiger charge is -2.27. The van der Waals surface area contributed by atoms with Gasteiger partial charge in [-0.05, 0) is 59.2 Å². The van der Waals surface area contributed by atoms with Crippen molar-refractivity contribution in [2.24, 2.45) is 5.92 Å². The molecular weight excluding hydrogens is 421 g/mol. The van der Waals surface area contributed by atoms with E-state index in [2.05, 4.69) is 6.92 Å². The van der Waals surface area contributed by atoms with Crippen molar-refractivity contribution in [1.82, 2.24) is 0 Å². The Morgan fingerprint density at radius 3 is 2.09 bits per heavy atom. The zero-order valence-corrected chi connectivity index (χ0v) is 19.9. The summed E-state index contributed by atoms with van der Waals surface area (Å²) in [5.41, 5.74) is 3.77. The summed E-state index contributed by atoms with van der Waals surface area (Å²) in [6.07, 6.45) is 6.20. The van der Waals surface area contributed by atoms with Crippen LogP contribution in [0.5, 0.6) is 0 Å². The fraction of sp³-hybridized carbons (Fsp3) is 0.357. The van der Waals surface area contributed by atoms with Crippen molar-refractivity contribution in [3.05, 3.63) is 83.7 Å². The van der Waals surface area contributed by atoms with E-state index in [9.17, 15) is 13.2 Å². The summed E-state index contributed by atoms with van der Waals surface area (Å²) in [6.45, 7) is 2.30. The van der Waals surface area contributed by atoms with Crippen molar-refractivity contribution in [2.75, 3.05) is 0 Å². The average molecular weight is 453 g/mol. The second kappa shape index (κ2) is 10.5. The van der Waals surface area contributed by atoms with Gasteiger partial charge in [0.2, 0.25) is 0 Å². The molecule has 0 spiro atoms. The van der Waals surface area contributed by atoms with Crippen LogP contribution in [-0.4, -0.2) is 8.80 Å². The molecule has 168 valence electrons. The van der Waals surface area contributed by atoms with Crippen LogP contribution in [0.4, 0.5) is 13.2 Å². The summed E-state index contributed by atoms with van der Waals surface area (Å²) in [5, 5.41) is 0. The van der Waals surface area contributed by atoms with Crippen LogP contribution in [-0.2, 0) is 6.42 Å². The fourth-order valence-electron chi connectivity index (χ4n) is 5.05. The molecule has 1 aliphatic rings. The smallest absolute Gasteiger partial charge is 0.159 e. The Morgan fingerprint density at radius 1 is 0.750 bits per heavy atom. The number of hydrogen-bond donors (Lipinski definition) is 0. The summed E-state index contributed by atoms with van der Waals surface area (Å²) < 4.78 is 41.5. The minimum atomic E-state index is -0.871. The Morgan fingerprint density at radius 2 is 1.44 bits per heavy atom. The first kappa shape index (κ1) is 22.8. The molecule has 0 bridgehead atoms. The van der Waals surface area contributed by atoms with Crippen LogP contribution < -0.4 is 0 Å².